The largest absolute Gasteiger partial charge is 0.327 e. The minimum atomic E-state index is -0.369. The van der Waals surface area contributed by atoms with Crippen molar-refractivity contribution in [1.82, 2.24) is 0 Å². The molecule has 1 aliphatic rings. The topological polar surface area (TPSA) is 69.2 Å². The summed E-state index contributed by atoms with van der Waals surface area (Å²) in [5.41, 5.74) is 7.53. The molecule has 104 valence electrons. The monoisotopic (exact) mass is 262 g/mol. The molecule has 1 aromatic carbocycles. The molecule has 0 aliphatic heterocycles. The number of nitrogens with two attached hydrogens (primary N) is 1. The van der Waals surface area contributed by atoms with Crippen LogP contribution in [0.15, 0.2) is 24.3 Å². The zero-order valence-electron chi connectivity index (χ0n) is 11.4. The summed E-state index contributed by atoms with van der Waals surface area (Å²) in [5, 5.41) is 10.6. The number of rotatable bonds is 4. The van der Waals surface area contributed by atoms with Crippen LogP contribution in [0.25, 0.3) is 0 Å². The molecule has 1 aliphatic carbocycles. The molecule has 0 amide bonds. The smallest absolute Gasteiger partial charge is 0.269 e. The number of nitro groups is 1. The lowest BCUT2D eigenvalue weighted by Crippen LogP contribution is -2.34. The first kappa shape index (κ1) is 14.0. The minimum Gasteiger partial charge on any atom is -0.327 e. The summed E-state index contributed by atoms with van der Waals surface area (Å²) in [6.45, 7) is 2.30. The molecular weight excluding hydrogens is 240 g/mol. The Morgan fingerprint density at radius 3 is 2.37 bits per heavy atom. The lowest BCUT2D eigenvalue weighted by molar-refractivity contribution is -0.384. The molecule has 2 N–H and O–H groups in total. The summed E-state index contributed by atoms with van der Waals surface area (Å²) in [7, 11) is 0. The van der Waals surface area contributed by atoms with Crippen LogP contribution in [-0.4, -0.2) is 11.0 Å². The van der Waals surface area contributed by atoms with Crippen molar-refractivity contribution in [3.63, 3.8) is 0 Å². The molecule has 0 radical (unpaired) electrons. The average molecular weight is 262 g/mol. The van der Waals surface area contributed by atoms with Crippen LogP contribution in [0.5, 0.6) is 0 Å². The summed E-state index contributed by atoms with van der Waals surface area (Å²) in [6.07, 6.45) is 5.80. The Hall–Kier alpha value is -1.42. The van der Waals surface area contributed by atoms with E-state index in [2.05, 4.69) is 6.92 Å². The first-order valence-electron chi connectivity index (χ1n) is 7.05. The van der Waals surface area contributed by atoms with Crippen molar-refractivity contribution < 1.29 is 4.92 Å². The SMILES string of the molecule is CC1CCC(C(N)Cc2ccc([N+](=O)[O-])cc2)CC1. The van der Waals surface area contributed by atoms with Gasteiger partial charge in [0.25, 0.3) is 5.69 Å². The van der Waals surface area contributed by atoms with Crippen LogP contribution in [0.1, 0.15) is 38.2 Å². The van der Waals surface area contributed by atoms with Crippen LogP contribution < -0.4 is 5.73 Å². The summed E-state index contributed by atoms with van der Waals surface area (Å²) in [5.74, 6) is 1.44. The van der Waals surface area contributed by atoms with Gasteiger partial charge in [-0.2, -0.15) is 0 Å². The van der Waals surface area contributed by atoms with Gasteiger partial charge in [-0.3, -0.25) is 10.1 Å². The quantitative estimate of drug-likeness (QED) is 0.668. The molecule has 2 rings (SSSR count). The average Bonchev–Trinajstić information content (AvgIpc) is 2.40. The Bertz CT molecular complexity index is 422. The van der Waals surface area contributed by atoms with E-state index in [1.165, 1.54) is 25.7 Å². The van der Waals surface area contributed by atoms with Crippen LogP contribution in [0.3, 0.4) is 0 Å². The van der Waals surface area contributed by atoms with Crippen molar-refractivity contribution in [2.24, 2.45) is 17.6 Å². The van der Waals surface area contributed by atoms with Gasteiger partial charge in [-0.05, 0) is 36.7 Å². The second-order valence-corrected chi connectivity index (χ2v) is 5.81. The summed E-state index contributed by atoms with van der Waals surface area (Å²) in [4.78, 5) is 10.2. The Morgan fingerprint density at radius 2 is 1.84 bits per heavy atom. The van der Waals surface area contributed by atoms with Gasteiger partial charge in [-0.1, -0.05) is 31.9 Å². The van der Waals surface area contributed by atoms with Crippen molar-refractivity contribution in [1.29, 1.82) is 0 Å². The fourth-order valence-electron chi connectivity index (χ4n) is 2.91. The molecule has 4 heteroatoms. The van der Waals surface area contributed by atoms with Crippen LogP contribution in [0.4, 0.5) is 5.69 Å². The first-order valence-corrected chi connectivity index (χ1v) is 7.05. The third-order valence-electron chi connectivity index (χ3n) is 4.28. The highest BCUT2D eigenvalue weighted by Crippen LogP contribution is 2.30. The van der Waals surface area contributed by atoms with Gasteiger partial charge in [0.1, 0.15) is 0 Å². The predicted octanol–water partition coefficient (Wildman–Crippen LogP) is 3.29. The van der Waals surface area contributed by atoms with Gasteiger partial charge < -0.3 is 5.73 Å². The van der Waals surface area contributed by atoms with Crippen molar-refractivity contribution in [3.05, 3.63) is 39.9 Å². The number of nitrogens with zero attached hydrogens (tertiary/aromatic N) is 1. The Balaban J connectivity index is 1.91. The molecule has 1 saturated carbocycles. The van der Waals surface area contributed by atoms with E-state index in [1.807, 2.05) is 12.1 Å². The summed E-state index contributed by atoms with van der Waals surface area (Å²) < 4.78 is 0. The highest BCUT2D eigenvalue weighted by atomic mass is 16.6. The van der Waals surface area contributed by atoms with E-state index in [1.54, 1.807) is 12.1 Å². The zero-order valence-corrected chi connectivity index (χ0v) is 11.4. The van der Waals surface area contributed by atoms with E-state index in [0.717, 1.165) is 17.9 Å². The lowest BCUT2D eigenvalue weighted by atomic mass is 9.78. The van der Waals surface area contributed by atoms with Crippen molar-refractivity contribution in [2.45, 2.75) is 45.1 Å². The maximum absolute atomic E-state index is 10.6. The van der Waals surface area contributed by atoms with Crippen LogP contribution in [0.2, 0.25) is 0 Å². The Labute approximate surface area is 114 Å². The number of nitro benzene ring substituents is 1. The molecule has 1 fully saturated rings. The Morgan fingerprint density at radius 1 is 1.26 bits per heavy atom. The third-order valence-corrected chi connectivity index (χ3v) is 4.28. The van der Waals surface area contributed by atoms with E-state index < -0.39 is 0 Å². The third kappa shape index (κ3) is 3.77. The molecule has 4 nitrogen and oxygen atoms in total. The second-order valence-electron chi connectivity index (χ2n) is 5.81. The molecule has 0 spiro atoms. The normalized spacial score (nSPS) is 24.9. The minimum absolute atomic E-state index is 0.142. The number of hydrogen-bond donors (Lipinski definition) is 1. The second kappa shape index (κ2) is 6.15. The molecular formula is C15H22N2O2. The molecule has 1 unspecified atom stereocenters. The molecule has 0 saturated heterocycles. The number of benzene rings is 1. The Kier molecular flexibility index (Phi) is 4.53. The molecule has 19 heavy (non-hydrogen) atoms. The fraction of sp³-hybridized carbons (Fsp3) is 0.600. The molecule has 1 atom stereocenters. The lowest BCUT2D eigenvalue weighted by Gasteiger charge is -2.30. The number of hydrogen-bond acceptors (Lipinski definition) is 3. The van der Waals surface area contributed by atoms with Crippen molar-refractivity contribution >= 4 is 5.69 Å². The maximum atomic E-state index is 10.6. The van der Waals surface area contributed by atoms with Gasteiger partial charge >= 0.3 is 0 Å². The highest BCUT2D eigenvalue weighted by Gasteiger charge is 2.23. The standard InChI is InChI=1S/C15H22N2O2/c1-11-2-6-13(7-3-11)15(16)10-12-4-8-14(9-5-12)17(18)19/h4-5,8-9,11,13,15H,2-3,6-7,10,16H2,1H3. The molecule has 0 heterocycles. The van der Waals surface area contributed by atoms with Gasteiger partial charge in [-0.25, -0.2) is 0 Å². The maximum Gasteiger partial charge on any atom is 0.269 e. The van der Waals surface area contributed by atoms with Crippen LogP contribution in [0, 0.1) is 22.0 Å². The van der Waals surface area contributed by atoms with Crippen molar-refractivity contribution in [2.75, 3.05) is 0 Å². The van der Waals surface area contributed by atoms with Crippen LogP contribution in [-0.2, 0) is 6.42 Å². The molecule has 1 aromatic rings. The van der Waals surface area contributed by atoms with Crippen molar-refractivity contribution in [3.8, 4) is 0 Å². The van der Waals surface area contributed by atoms with E-state index in [0.29, 0.717) is 5.92 Å². The first-order chi connectivity index (χ1) is 9.06. The van der Waals surface area contributed by atoms with Gasteiger partial charge in [0.2, 0.25) is 0 Å². The predicted molar refractivity (Wildman–Crippen MR) is 75.9 cm³/mol. The summed E-state index contributed by atoms with van der Waals surface area (Å²) in [6, 6.07) is 6.94. The highest BCUT2D eigenvalue weighted by molar-refractivity contribution is 5.33. The van der Waals surface area contributed by atoms with Gasteiger partial charge in [0.05, 0.1) is 4.92 Å². The summed E-state index contributed by atoms with van der Waals surface area (Å²) >= 11 is 0. The fourth-order valence-corrected chi connectivity index (χ4v) is 2.91. The molecule has 0 bridgehead atoms. The van der Waals surface area contributed by atoms with E-state index in [-0.39, 0.29) is 16.7 Å². The van der Waals surface area contributed by atoms with E-state index >= 15 is 0 Å². The molecule has 0 aromatic heterocycles. The van der Waals surface area contributed by atoms with E-state index in [9.17, 15) is 10.1 Å². The number of non-ortho nitro benzene ring substituents is 1. The van der Waals surface area contributed by atoms with Gasteiger partial charge in [-0.15, -0.1) is 0 Å². The van der Waals surface area contributed by atoms with Gasteiger partial charge in [0, 0.05) is 18.2 Å². The zero-order chi connectivity index (χ0) is 13.8. The van der Waals surface area contributed by atoms with E-state index in [4.69, 9.17) is 5.73 Å². The van der Waals surface area contributed by atoms with Crippen LogP contribution >= 0.6 is 0 Å². The van der Waals surface area contributed by atoms with Gasteiger partial charge in [0.15, 0.2) is 0 Å².